The first-order valence-electron chi connectivity index (χ1n) is 8.93. The number of imidazole rings is 1. The Hall–Kier alpha value is -3.42. The molecule has 146 valence electrons. The molecule has 28 heavy (non-hydrogen) atoms. The zero-order chi connectivity index (χ0) is 20.1. The van der Waals surface area contributed by atoms with E-state index in [9.17, 15) is 9.59 Å². The summed E-state index contributed by atoms with van der Waals surface area (Å²) in [5, 5.41) is 6.49. The van der Waals surface area contributed by atoms with Crippen molar-refractivity contribution in [1.82, 2.24) is 20.0 Å². The summed E-state index contributed by atoms with van der Waals surface area (Å²) in [7, 11) is 0. The topological polar surface area (TPSA) is 99.2 Å². The van der Waals surface area contributed by atoms with Gasteiger partial charge in [-0.15, -0.1) is 0 Å². The molecule has 1 atom stereocenters. The first-order valence-corrected chi connectivity index (χ1v) is 8.93. The van der Waals surface area contributed by atoms with Gasteiger partial charge in [0.15, 0.2) is 11.5 Å². The molecule has 0 fully saturated rings. The molecule has 0 saturated heterocycles. The maximum Gasteiger partial charge on any atom is 0.330 e. The Balaban J connectivity index is 1.74. The second kappa shape index (κ2) is 8.51. The highest BCUT2D eigenvalue weighted by Crippen LogP contribution is 2.20. The van der Waals surface area contributed by atoms with Gasteiger partial charge in [0, 0.05) is 24.0 Å². The molecule has 0 aliphatic rings. The Kier molecular flexibility index (Phi) is 5.88. The summed E-state index contributed by atoms with van der Waals surface area (Å²) in [4.78, 5) is 28.9. The van der Waals surface area contributed by atoms with E-state index in [4.69, 9.17) is 9.26 Å². The SMILES string of the molecule is Cc1ccc(-c2cc(C(=O)N[C@@H](Cn3ccnc3)C(=O)OC(C)C)no2)cc1. The van der Waals surface area contributed by atoms with Gasteiger partial charge in [-0.25, -0.2) is 9.78 Å². The lowest BCUT2D eigenvalue weighted by Gasteiger charge is -2.19. The number of hydrogen-bond acceptors (Lipinski definition) is 6. The highest BCUT2D eigenvalue weighted by molar-refractivity contribution is 5.95. The molecule has 3 rings (SSSR count). The van der Waals surface area contributed by atoms with Crippen molar-refractivity contribution in [1.29, 1.82) is 0 Å². The normalized spacial score (nSPS) is 12.0. The van der Waals surface area contributed by atoms with Crippen LogP contribution in [-0.4, -0.2) is 38.7 Å². The summed E-state index contributed by atoms with van der Waals surface area (Å²) in [6.45, 7) is 5.68. The van der Waals surface area contributed by atoms with Crippen LogP contribution >= 0.6 is 0 Å². The lowest BCUT2D eigenvalue weighted by Crippen LogP contribution is -2.45. The van der Waals surface area contributed by atoms with Crippen molar-refractivity contribution in [2.75, 3.05) is 0 Å². The molecule has 1 aromatic carbocycles. The molecule has 8 nitrogen and oxygen atoms in total. The van der Waals surface area contributed by atoms with Crippen molar-refractivity contribution >= 4 is 11.9 Å². The lowest BCUT2D eigenvalue weighted by molar-refractivity contribution is -0.150. The Morgan fingerprint density at radius 2 is 2.00 bits per heavy atom. The minimum absolute atomic E-state index is 0.0866. The van der Waals surface area contributed by atoms with Crippen LogP contribution in [0.2, 0.25) is 0 Å². The molecule has 1 N–H and O–H groups in total. The van der Waals surface area contributed by atoms with Gasteiger partial charge in [-0.3, -0.25) is 4.79 Å². The van der Waals surface area contributed by atoms with Crippen LogP contribution in [0.25, 0.3) is 11.3 Å². The summed E-state index contributed by atoms with van der Waals surface area (Å²) in [5.41, 5.74) is 2.02. The summed E-state index contributed by atoms with van der Waals surface area (Å²) in [5.74, 6) is -0.576. The molecule has 0 aliphatic carbocycles. The predicted octanol–water partition coefficient (Wildman–Crippen LogP) is 2.60. The second-order valence-electron chi connectivity index (χ2n) is 6.71. The van der Waals surface area contributed by atoms with Gasteiger partial charge in [0.25, 0.3) is 5.91 Å². The summed E-state index contributed by atoms with van der Waals surface area (Å²) in [6.07, 6.45) is 4.56. The average Bonchev–Trinajstić information content (AvgIpc) is 3.33. The molecule has 2 heterocycles. The third-order valence-electron chi connectivity index (χ3n) is 3.97. The number of aromatic nitrogens is 3. The fourth-order valence-corrected chi connectivity index (χ4v) is 2.57. The minimum atomic E-state index is -0.886. The standard InChI is InChI=1S/C20H22N4O4/c1-13(2)27-20(26)17(11-24-9-8-21-12-24)22-19(25)16-10-18(28-23-16)15-6-4-14(3)5-7-15/h4-10,12-13,17H,11H2,1-3H3,(H,22,25)/t17-/m0/s1. The van der Waals surface area contributed by atoms with Crippen LogP contribution in [-0.2, 0) is 16.1 Å². The fourth-order valence-electron chi connectivity index (χ4n) is 2.57. The van der Waals surface area contributed by atoms with E-state index >= 15 is 0 Å². The van der Waals surface area contributed by atoms with E-state index < -0.39 is 17.9 Å². The molecule has 2 aromatic heterocycles. The van der Waals surface area contributed by atoms with Gasteiger partial charge in [0.1, 0.15) is 6.04 Å². The van der Waals surface area contributed by atoms with E-state index in [2.05, 4.69) is 15.5 Å². The van der Waals surface area contributed by atoms with Gasteiger partial charge in [-0.2, -0.15) is 0 Å². The average molecular weight is 382 g/mol. The van der Waals surface area contributed by atoms with E-state index in [1.807, 2.05) is 31.2 Å². The zero-order valence-corrected chi connectivity index (χ0v) is 16.0. The molecule has 0 radical (unpaired) electrons. The maximum absolute atomic E-state index is 12.6. The van der Waals surface area contributed by atoms with Gasteiger partial charge in [-0.05, 0) is 20.8 Å². The van der Waals surface area contributed by atoms with Gasteiger partial charge >= 0.3 is 5.97 Å². The molecule has 0 unspecified atom stereocenters. The van der Waals surface area contributed by atoms with Crippen LogP contribution in [0.4, 0.5) is 0 Å². The molecule has 0 spiro atoms. The van der Waals surface area contributed by atoms with Crippen LogP contribution in [0.5, 0.6) is 0 Å². The van der Waals surface area contributed by atoms with Crippen LogP contribution in [0.15, 0.2) is 53.6 Å². The van der Waals surface area contributed by atoms with E-state index in [1.54, 1.807) is 43.2 Å². The number of hydrogen-bond donors (Lipinski definition) is 1. The number of carbonyl (C=O) groups is 2. The van der Waals surface area contributed by atoms with Crippen molar-refractivity contribution in [2.24, 2.45) is 0 Å². The smallest absolute Gasteiger partial charge is 0.330 e. The third kappa shape index (κ3) is 4.85. The molecule has 0 saturated carbocycles. The Morgan fingerprint density at radius 3 is 2.64 bits per heavy atom. The summed E-state index contributed by atoms with van der Waals surface area (Å²) in [6, 6.07) is 8.32. The van der Waals surface area contributed by atoms with Gasteiger partial charge in [0.05, 0.1) is 19.0 Å². The molecule has 0 bridgehead atoms. The number of ether oxygens (including phenoxy) is 1. The Morgan fingerprint density at radius 1 is 1.25 bits per heavy atom. The third-order valence-corrected chi connectivity index (χ3v) is 3.97. The number of aryl methyl sites for hydroxylation is 1. The van der Waals surface area contributed by atoms with Gasteiger partial charge in [-0.1, -0.05) is 35.0 Å². The van der Waals surface area contributed by atoms with Crippen LogP contribution in [0.3, 0.4) is 0 Å². The fraction of sp³-hybridized carbons (Fsp3) is 0.300. The van der Waals surface area contributed by atoms with Crippen LogP contribution in [0.1, 0.15) is 29.9 Å². The monoisotopic (exact) mass is 382 g/mol. The number of amides is 1. The van der Waals surface area contributed by atoms with Crippen molar-refractivity contribution in [2.45, 2.75) is 39.5 Å². The Labute approximate surface area is 162 Å². The van der Waals surface area contributed by atoms with Crippen molar-refractivity contribution in [3.63, 3.8) is 0 Å². The highest BCUT2D eigenvalue weighted by Gasteiger charge is 2.26. The molecular formula is C20H22N4O4. The van der Waals surface area contributed by atoms with Gasteiger partial charge < -0.3 is 19.1 Å². The largest absolute Gasteiger partial charge is 0.461 e. The number of nitrogens with one attached hydrogen (secondary N) is 1. The van der Waals surface area contributed by atoms with Gasteiger partial charge in [0.2, 0.25) is 0 Å². The minimum Gasteiger partial charge on any atom is -0.461 e. The zero-order valence-electron chi connectivity index (χ0n) is 16.0. The summed E-state index contributed by atoms with van der Waals surface area (Å²) >= 11 is 0. The predicted molar refractivity (Wildman–Crippen MR) is 101 cm³/mol. The van der Waals surface area contributed by atoms with Crippen LogP contribution in [0, 0.1) is 6.92 Å². The number of rotatable bonds is 7. The van der Waals surface area contributed by atoms with E-state index in [0.717, 1.165) is 11.1 Å². The van der Waals surface area contributed by atoms with E-state index in [-0.39, 0.29) is 18.3 Å². The first-order chi connectivity index (χ1) is 13.4. The maximum atomic E-state index is 12.6. The molecular weight excluding hydrogens is 360 g/mol. The molecule has 0 aliphatic heterocycles. The van der Waals surface area contributed by atoms with E-state index in [0.29, 0.717) is 5.76 Å². The first kappa shape index (κ1) is 19.3. The number of carbonyl (C=O) groups excluding carboxylic acids is 2. The van der Waals surface area contributed by atoms with E-state index in [1.165, 1.54) is 0 Å². The molecule has 3 aromatic rings. The van der Waals surface area contributed by atoms with Crippen molar-refractivity contribution in [3.05, 3.63) is 60.3 Å². The number of esters is 1. The van der Waals surface area contributed by atoms with Crippen molar-refractivity contribution in [3.8, 4) is 11.3 Å². The number of benzene rings is 1. The lowest BCUT2D eigenvalue weighted by atomic mass is 10.1. The van der Waals surface area contributed by atoms with Crippen molar-refractivity contribution < 1.29 is 18.8 Å². The highest BCUT2D eigenvalue weighted by atomic mass is 16.5. The quantitative estimate of drug-likeness (QED) is 0.631. The second-order valence-corrected chi connectivity index (χ2v) is 6.71. The summed E-state index contributed by atoms with van der Waals surface area (Å²) < 4.78 is 12.2. The van der Waals surface area contributed by atoms with Crippen LogP contribution < -0.4 is 5.32 Å². The molecule has 1 amide bonds. The Bertz CT molecular complexity index is 930. The molecule has 8 heteroatoms. The number of nitrogens with zero attached hydrogens (tertiary/aromatic N) is 3.